The topological polar surface area (TPSA) is 78.4 Å². The molecule has 0 aromatic rings. The minimum Gasteiger partial charge on any atom is -0.481 e. The van der Waals surface area contributed by atoms with Crippen molar-refractivity contribution in [2.75, 3.05) is 13.1 Å². The molecule has 2 fully saturated rings. The number of carbonyl (C=O) groups is 2. The standard InChI is InChI=1S/C15H26N2O3/c1-10(2)15(7-8-16-9-15)14(20)17-12-6-4-3-5-11(12)13(18)19/h10-12,16H,3-9H2,1-2H3,(H,17,20)(H,18,19). The maximum atomic E-state index is 12.7. The van der Waals surface area contributed by atoms with E-state index in [4.69, 9.17) is 0 Å². The van der Waals surface area contributed by atoms with Gasteiger partial charge in [0.25, 0.3) is 0 Å². The quantitative estimate of drug-likeness (QED) is 0.728. The van der Waals surface area contributed by atoms with Gasteiger partial charge in [0, 0.05) is 12.6 Å². The summed E-state index contributed by atoms with van der Waals surface area (Å²) in [5.41, 5.74) is -0.375. The van der Waals surface area contributed by atoms with Gasteiger partial charge in [0.05, 0.1) is 11.3 Å². The molecule has 5 heteroatoms. The van der Waals surface area contributed by atoms with Crippen LogP contribution >= 0.6 is 0 Å². The van der Waals surface area contributed by atoms with Crippen molar-refractivity contribution in [2.45, 2.75) is 52.0 Å². The van der Waals surface area contributed by atoms with E-state index in [9.17, 15) is 14.7 Å². The van der Waals surface area contributed by atoms with Crippen LogP contribution in [0.2, 0.25) is 0 Å². The Balaban J connectivity index is 2.07. The van der Waals surface area contributed by atoms with E-state index in [0.29, 0.717) is 13.0 Å². The fourth-order valence-corrected chi connectivity index (χ4v) is 3.57. The Kier molecular flexibility index (Phi) is 4.68. The predicted molar refractivity (Wildman–Crippen MR) is 76.3 cm³/mol. The van der Waals surface area contributed by atoms with Crippen LogP contribution in [0.15, 0.2) is 0 Å². The predicted octanol–water partition coefficient (Wildman–Crippen LogP) is 1.38. The molecule has 2 rings (SSSR count). The highest BCUT2D eigenvalue weighted by Crippen LogP contribution is 2.35. The average molecular weight is 282 g/mol. The van der Waals surface area contributed by atoms with E-state index in [1.54, 1.807) is 0 Å². The molecule has 1 heterocycles. The summed E-state index contributed by atoms with van der Waals surface area (Å²) >= 11 is 0. The number of rotatable bonds is 4. The van der Waals surface area contributed by atoms with Crippen LogP contribution in [0.3, 0.4) is 0 Å². The van der Waals surface area contributed by atoms with Gasteiger partial charge in [0.1, 0.15) is 0 Å². The fraction of sp³-hybridized carbons (Fsp3) is 0.867. The molecule has 3 N–H and O–H groups in total. The van der Waals surface area contributed by atoms with Gasteiger partial charge >= 0.3 is 5.97 Å². The van der Waals surface area contributed by atoms with Crippen LogP contribution in [0.1, 0.15) is 46.0 Å². The lowest BCUT2D eigenvalue weighted by atomic mass is 9.74. The lowest BCUT2D eigenvalue weighted by molar-refractivity contribution is -0.144. The maximum absolute atomic E-state index is 12.7. The Morgan fingerprint density at radius 1 is 1.30 bits per heavy atom. The molecule has 0 aromatic heterocycles. The summed E-state index contributed by atoms with van der Waals surface area (Å²) in [6, 6.07) is -0.204. The van der Waals surface area contributed by atoms with Crippen molar-refractivity contribution >= 4 is 11.9 Å². The molecule has 1 aliphatic carbocycles. The fourth-order valence-electron chi connectivity index (χ4n) is 3.57. The third kappa shape index (κ3) is 2.82. The highest BCUT2D eigenvalue weighted by atomic mass is 16.4. The number of aliphatic carboxylic acids is 1. The molecule has 0 bridgehead atoms. The number of nitrogens with one attached hydrogen (secondary N) is 2. The van der Waals surface area contributed by atoms with E-state index in [1.807, 2.05) is 0 Å². The Morgan fingerprint density at radius 2 is 2.00 bits per heavy atom. The van der Waals surface area contributed by atoms with E-state index < -0.39 is 11.9 Å². The summed E-state index contributed by atoms with van der Waals surface area (Å²) in [5.74, 6) is -0.913. The molecule has 1 amide bonds. The Bertz CT molecular complexity index is 375. The van der Waals surface area contributed by atoms with Crippen LogP contribution in [0.25, 0.3) is 0 Å². The molecular formula is C15H26N2O3. The summed E-state index contributed by atoms with van der Waals surface area (Å²) < 4.78 is 0. The van der Waals surface area contributed by atoms with Gasteiger partial charge in [-0.2, -0.15) is 0 Å². The van der Waals surface area contributed by atoms with Gasteiger partial charge in [-0.05, 0) is 31.7 Å². The van der Waals surface area contributed by atoms with Crippen LogP contribution in [0.5, 0.6) is 0 Å². The van der Waals surface area contributed by atoms with E-state index >= 15 is 0 Å². The van der Waals surface area contributed by atoms with Crippen molar-refractivity contribution in [2.24, 2.45) is 17.3 Å². The van der Waals surface area contributed by atoms with Gasteiger partial charge in [0.2, 0.25) is 5.91 Å². The second kappa shape index (κ2) is 6.12. The third-order valence-electron chi connectivity index (χ3n) is 5.15. The molecule has 2 aliphatic rings. The number of amides is 1. The number of hydrogen-bond acceptors (Lipinski definition) is 3. The Labute approximate surface area is 120 Å². The van der Waals surface area contributed by atoms with Gasteiger partial charge in [0.15, 0.2) is 0 Å². The minimum atomic E-state index is -0.779. The van der Waals surface area contributed by atoms with Crippen LogP contribution in [0.4, 0.5) is 0 Å². The molecule has 3 unspecified atom stereocenters. The van der Waals surface area contributed by atoms with Gasteiger partial charge < -0.3 is 15.7 Å². The first-order chi connectivity index (χ1) is 9.47. The first-order valence-corrected chi connectivity index (χ1v) is 7.72. The summed E-state index contributed by atoms with van der Waals surface area (Å²) in [5, 5.41) is 15.6. The van der Waals surface area contributed by atoms with Gasteiger partial charge in [-0.1, -0.05) is 26.7 Å². The number of hydrogen-bond donors (Lipinski definition) is 3. The normalized spacial score (nSPS) is 34.1. The second-order valence-corrected chi connectivity index (χ2v) is 6.55. The molecule has 114 valence electrons. The molecule has 1 saturated heterocycles. The molecule has 3 atom stereocenters. The van der Waals surface area contributed by atoms with Gasteiger partial charge in [-0.3, -0.25) is 9.59 Å². The SMILES string of the molecule is CC(C)C1(C(=O)NC2CCCCC2C(=O)O)CCNC1. The molecule has 0 aromatic carbocycles. The van der Waals surface area contributed by atoms with Crippen molar-refractivity contribution in [1.82, 2.24) is 10.6 Å². The molecular weight excluding hydrogens is 256 g/mol. The molecule has 0 radical (unpaired) electrons. The van der Waals surface area contributed by atoms with E-state index in [1.165, 1.54) is 0 Å². The average Bonchev–Trinajstić information content (AvgIpc) is 2.89. The van der Waals surface area contributed by atoms with Gasteiger partial charge in [-0.15, -0.1) is 0 Å². The zero-order valence-corrected chi connectivity index (χ0v) is 12.4. The lowest BCUT2D eigenvalue weighted by Gasteiger charge is -2.36. The van der Waals surface area contributed by atoms with Crippen molar-refractivity contribution < 1.29 is 14.7 Å². The molecule has 0 spiro atoms. The molecule has 1 saturated carbocycles. The first kappa shape index (κ1) is 15.3. The van der Waals surface area contributed by atoms with Gasteiger partial charge in [-0.25, -0.2) is 0 Å². The molecule has 1 aliphatic heterocycles. The summed E-state index contributed by atoms with van der Waals surface area (Å²) in [6.07, 6.45) is 4.24. The van der Waals surface area contributed by atoms with E-state index in [2.05, 4.69) is 24.5 Å². The number of carbonyl (C=O) groups excluding carboxylic acids is 1. The molecule has 20 heavy (non-hydrogen) atoms. The monoisotopic (exact) mass is 282 g/mol. The summed E-state index contributed by atoms with van der Waals surface area (Å²) in [6.45, 7) is 5.70. The van der Waals surface area contributed by atoms with E-state index in [-0.39, 0.29) is 23.3 Å². The van der Waals surface area contributed by atoms with Crippen LogP contribution in [-0.2, 0) is 9.59 Å². The van der Waals surface area contributed by atoms with Crippen molar-refractivity contribution in [3.63, 3.8) is 0 Å². The minimum absolute atomic E-state index is 0.0376. The zero-order valence-electron chi connectivity index (χ0n) is 12.4. The van der Waals surface area contributed by atoms with Crippen LogP contribution in [0, 0.1) is 17.3 Å². The summed E-state index contributed by atoms with van der Waals surface area (Å²) in [4.78, 5) is 24.0. The second-order valence-electron chi connectivity index (χ2n) is 6.55. The lowest BCUT2D eigenvalue weighted by Crippen LogP contribution is -2.53. The highest BCUT2D eigenvalue weighted by Gasteiger charge is 2.45. The van der Waals surface area contributed by atoms with Crippen molar-refractivity contribution in [1.29, 1.82) is 0 Å². The highest BCUT2D eigenvalue weighted by molar-refractivity contribution is 5.84. The Hall–Kier alpha value is -1.10. The van der Waals surface area contributed by atoms with Crippen LogP contribution in [-0.4, -0.2) is 36.1 Å². The first-order valence-electron chi connectivity index (χ1n) is 7.72. The largest absolute Gasteiger partial charge is 0.481 e. The number of carboxylic acids is 1. The van der Waals surface area contributed by atoms with Crippen molar-refractivity contribution in [3.8, 4) is 0 Å². The zero-order chi connectivity index (χ0) is 14.8. The third-order valence-corrected chi connectivity index (χ3v) is 5.15. The maximum Gasteiger partial charge on any atom is 0.308 e. The van der Waals surface area contributed by atoms with E-state index in [0.717, 1.165) is 32.2 Å². The Morgan fingerprint density at radius 3 is 2.55 bits per heavy atom. The van der Waals surface area contributed by atoms with Crippen molar-refractivity contribution in [3.05, 3.63) is 0 Å². The summed E-state index contributed by atoms with van der Waals surface area (Å²) in [7, 11) is 0. The smallest absolute Gasteiger partial charge is 0.308 e. The number of carboxylic acid groups (broad SMARTS) is 1. The molecule has 5 nitrogen and oxygen atoms in total. The van der Waals surface area contributed by atoms with Crippen LogP contribution < -0.4 is 10.6 Å².